The predicted octanol–water partition coefficient (Wildman–Crippen LogP) is 2.94. The molecule has 0 unspecified atom stereocenters. The van der Waals surface area contributed by atoms with E-state index in [-0.39, 0.29) is 6.61 Å². The molecule has 0 radical (unpaired) electrons. The molecular weight excluding hydrogens is 348 g/mol. The van der Waals surface area contributed by atoms with E-state index in [0.717, 1.165) is 44.8 Å². The maximum absolute atomic E-state index is 9.57. The first kappa shape index (κ1) is 18.9. The van der Waals surface area contributed by atoms with Crippen LogP contribution >= 0.6 is 0 Å². The predicted molar refractivity (Wildman–Crippen MR) is 111 cm³/mol. The van der Waals surface area contributed by atoms with Gasteiger partial charge in [0.15, 0.2) is 0 Å². The molecular formula is C23H28N4O. The van der Waals surface area contributed by atoms with Crippen molar-refractivity contribution in [2.45, 2.75) is 25.6 Å². The van der Waals surface area contributed by atoms with E-state index >= 15 is 0 Å². The molecule has 28 heavy (non-hydrogen) atoms. The van der Waals surface area contributed by atoms with Crippen LogP contribution in [0.15, 0.2) is 73.1 Å². The van der Waals surface area contributed by atoms with E-state index in [4.69, 9.17) is 0 Å². The molecule has 0 saturated carbocycles. The Morgan fingerprint density at radius 1 is 0.929 bits per heavy atom. The second-order valence-corrected chi connectivity index (χ2v) is 7.48. The van der Waals surface area contributed by atoms with E-state index in [2.05, 4.69) is 69.5 Å². The molecule has 4 rings (SSSR count). The van der Waals surface area contributed by atoms with Gasteiger partial charge >= 0.3 is 0 Å². The lowest BCUT2D eigenvalue weighted by molar-refractivity contribution is 0.0500. The summed E-state index contributed by atoms with van der Waals surface area (Å²) in [6.45, 7) is 5.17. The number of piperazine rings is 1. The Bertz CT molecular complexity index is 850. The first-order valence-electron chi connectivity index (χ1n) is 10.0. The Balaban J connectivity index is 1.41. The van der Waals surface area contributed by atoms with Gasteiger partial charge in [-0.3, -0.25) is 9.80 Å². The molecule has 1 aliphatic rings. The van der Waals surface area contributed by atoms with Gasteiger partial charge in [0.25, 0.3) is 0 Å². The SMILES string of the molecule is OCC[C@@H]1CN(Cc2cccc(-n3cccn3)c2)CCN1Cc1ccccc1. The van der Waals surface area contributed by atoms with Crippen molar-refractivity contribution in [3.8, 4) is 5.69 Å². The van der Waals surface area contributed by atoms with Crippen molar-refractivity contribution in [2.75, 3.05) is 26.2 Å². The lowest BCUT2D eigenvalue weighted by atomic mass is 10.1. The van der Waals surface area contributed by atoms with Gasteiger partial charge in [-0.1, -0.05) is 42.5 Å². The number of aliphatic hydroxyl groups excluding tert-OH is 1. The molecule has 146 valence electrons. The minimum absolute atomic E-state index is 0.235. The number of aromatic nitrogens is 2. The van der Waals surface area contributed by atoms with Crippen molar-refractivity contribution in [1.82, 2.24) is 19.6 Å². The molecule has 1 aliphatic heterocycles. The number of nitrogens with zero attached hydrogens (tertiary/aromatic N) is 4. The summed E-state index contributed by atoms with van der Waals surface area (Å²) in [6.07, 6.45) is 4.59. The summed E-state index contributed by atoms with van der Waals surface area (Å²) in [6, 6.07) is 21.5. The van der Waals surface area contributed by atoms with Crippen LogP contribution in [0, 0.1) is 0 Å². The molecule has 0 amide bonds. The number of benzene rings is 2. The zero-order valence-corrected chi connectivity index (χ0v) is 16.2. The first-order chi connectivity index (χ1) is 13.8. The highest BCUT2D eigenvalue weighted by Crippen LogP contribution is 2.19. The van der Waals surface area contributed by atoms with Crippen LogP contribution < -0.4 is 0 Å². The van der Waals surface area contributed by atoms with Gasteiger partial charge in [-0.25, -0.2) is 4.68 Å². The average Bonchev–Trinajstić information content (AvgIpc) is 3.26. The van der Waals surface area contributed by atoms with Crippen molar-refractivity contribution >= 4 is 0 Å². The van der Waals surface area contributed by atoms with Gasteiger partial charge < -0.3 is 5.11 Å². The lowest BCUT2D eigenvalue weighted by Crippen LogP contribution is -2.52. The largest absolute Gasteiger partial charge is 0.396 e. The van der Waals surface area contributed by atoms with Crippen LogP contribution in [0.3, 0.4) is 0 Å². The highest BCUT2D eigenvalue weighted by atomic mass is 16.3. The fourth-order valence-electron chi connectivity index (χ4n) is 4.03. The molecule has 0 bridgehead atoms. The number of rotatable bonds is 7. The van der Waals surface area contributed by atoms with E-state index in [9.17, 15) is 5.11 Å². The van der Waals surface area contributed by atoms with Crippen molar-refractivity contribution in [2.24, 2.45) is 0 Å². The number of aliphatic hydroxyl groups is 1. The smallest absolute Gasteiger partial charge is 0.0648 e. The fraction of sp³-hybridized carbons (Fsp3) is 0.348. The highest BCUT2D eigenvalue weighted by Gasteiger charge is 2.26. The van der Waals surface area contributed by atoms with E-state index in [0.29, 0.717) is 6.04 Å². The average molecular weight is 377 g/mol. The lowest BCUT2D eigenvalue weighted by Gasteiger charge is -2.41. The van der Waals surface area contributed by atoms with E-state index in [1.807, 2.05) is 16.9 Å². The monoisotopic (exact) mass is 376 g/mol. The van der Waals surface area contributed by atoms with Gasteiger partial charge in [0.1, 0.15) is 0 Å². The third kappa shape index (κ3) is 4.68. The van der Waals surface area contributed by atoms with Gasteiger partial charge in [-0.2, -0.15) is 5.10 Å². The first-order valence-corrected chi connectivity index (χ1v) is 10.0. The normalized spacial score (nSPS) is 18.4. The zero-order chi connectivity index (χ0) is 19.2. The molecule has 5 heteroatoms. The summed E-state index contributed by atoms with van der Waals surface area (Å²) in [5.41, 5.74) is 3.73. The molecule has 1 fully saturated rings. The second kappa shape index (κ2) is 9.15. The summed E-state index contributed by atoms with van der Waals surface area (Å²) in [7, 11) is 0. The van der Waals surface area contributed by atoms with Crippen molar-refractivity contribution in [3.05, 3.63) is 84.2 Å². The van der Waals surface area contributed by atoms with Crippen LogP contribution in [-0.4, -0.2) is 57.0 Å². The summed E-state index contributed by atoms with van der Waals surface area (Å²) >= 11 is 0. The third-order valence-corrected chi connectivity index (χ3v) is 5.47. The zero-order valence-electron chi connectivity index (χ0n) is 16.2. The Labute approximate surface area is 166 Å². The summed E-state index contributed by atoms with van der Waals surface area (Å²) in [4.78, 5) is 5.02. The standard InChI is InChI=1S/C23H28N4O/c28-15-10-23-19-25(13-14-26(23)18-20-6-2-1-3-7-20)17-21-8-4-9-22(16-21)27-12-5-11-24-27/h1-9,11-12,16,23,28H,10,13-15,17-19H2/t23-/m1/s1. The fourth-order valence-corrected chi connectivity index (χ4v) is 4.03. The molecule has 1 aromatic heterocycles. The van der Waals surface area contributed by atoms with Gasteiger partial charge in [0.2, 0.25) is 0 Å². The molecule has 1 saturated heterocycles. The summed E-state index contributed by atoms with van der Waals surface area (Å²) in [5, 5.41) is 13.9. The van der Waals surface area contributed by atoms with Gasteiger partial charge in [0, 0.05) is 57.8 Å². The van der Waals surface area contributed by atoms with Crippen molar-refractivity contribution in [1.29, 1.82) is 0 Å². The highest BCUT2D eigenvalue weighted by molar-refractivity contribution is 5.35. The Morgan fingerprint density at radius 2 is 1.79 bits per heavy atom. The molecule has 3 aromatic rings. The minimum Gasteiger partial charge on any atom is -0.396 e. The van der Waals surface area contributed by atoms with Crippen LogP contribution in [0.1, 0.15) is 17.5 Å². The Morgan fingerprint density at radius 3 is 2.57 bits per heavy atom. The van der Waals surface area contributed by atoms with Crippen molar-refractivity contribution < 1.29 is 5.11 Å². The maximum Gasteiger partial charge on any atom is 0.0648 e. The molecule has 1 atom stereocenters. The van der Waals surface area contributed by atoms with E-state index < -0.39 is 0 Å². The second-order valence-electron chi connectivity index (χ2n) is 7.48. The number of hydrogen-bond acceptors (Lipinski definition) is 4. The van der Waals surface area contributed by atoms with Crippen LogP contribution in [0.2, 0.25) is 0 Å². The molecule has 1 N–H and O–H groups in total. The third-order valence-electron chi connectivity index (χ3n) is 5.47. The Hall–Kier alpha value is -2.47. The van der Waals surface area contributed by atoms with Crippen LogP contribution in [0.4, 0.5) is 0 Å². The van der Waals surface area contributed by atoms with Crippen LogP contribution in [0.25, 0.3) is 5.69 Å². The van der Waals surface area contributed by atoms with Gasteiger partial charge in [-0.05, 0) is 35.7 Å². The minimum atomic E-state index is 0.235. The molecule has 0 spiro atoms. The Kier molecular flexibility index (Phi) is 6.17. The van der Waals surface area contributed by atoms with Gasteiger partial charge in [0.05, 0.1) is 5.69 Å². The van der Waals surface area contributed by atoms with Crippen LogP contribution in [-0.2, 0) is 13.1 Å². The van der Waals surface area contributed by atoms with E-state index in [1.54, 1.807) is 6.20 Å². The molecule has 0 aliphatic carbocycles. The quantitative estimate of drug-likeness (QED) is 0.689. The molecule has 5 nitrogen and oxygen atoms in total. The molecule has 2 aromatic carbocycles. The van der Waals surface area contributed by atoms with Gasteiger partial charge in [-0.15, -0.1) is 0 Å². The van der Waals surface area contributed by atoms with Crippen LogP contribution in [0.5, 0.6) is 0 Å². The van der Waals surface area contributed by atoms with Crippen molar-refractivity contribution in [3.63, 3.8) is 0 Å². The van der Waals surface area contributed by atoms with E-state index in [1.165, 1.54) is 11.1 Å². The molecule has 2 heterocycles. The number of hydrogen-bond donors (Lipinski definition) is 1. The summed E-state index contributed by atoms with van der Waals surface area (Å²) < 4.78 is 1.90. The maximum atomic E-state index is 9.57. The topological polar surface area (TPSA) is 44.5 Å². The summed E-state index contributed by atoms with van der Waals surface area (Å²) in [5.74, 6) is 0.